The molecule has 3 aromatic carbocycles. The van der Waals surface area contributed by atoms with Crippen LogP contribution in [0, 0.1) is 0 Å². The fourth-order valence-corrected chi connectivity index (χ4v) is 4.06. The Morgan fingerprint density at radius 1 is 0.917 bits per heavy atom. The molecule has 0 atom stereocenters. The number of amides is 1. The number of rotatable bonds is 7. The number of nitrogens with one attached hydrogen (secondary N) is 2. The predicted molar refractivity (Wildman–Crippen MR) is 141 cm³/mol. The summed E-state index contributed by atoms with van der Waals surface area (Å²) in [4.78, 5) is 23.7. The molecule has 0 radical (unpaired) electrons. The molecule has 1 saturated heterocycles. The number of anilines is 4. The minimum Gasteiger partial charge on any atom is -0.496 e. The zero-order valence-electron chi connectivity index (χ0n) is 20.0. The van der Waals surface area contributed by atoms with Gasteiger partial charge in [0.15, 0.2) is 0 Å². The van der Waals surface area contributed by atoms with Gasteiger partial charge in [-0.1, -0.05) is 12.1 Å². The van der Waals surface area contributed by atoms with Gasteiger partial charge in [0, 0.05) is 47.3 Å². The third-order valence-corrected chi connectivity index (χ3v) is 5.97. The molecule has 0 spiro atoms. The summed E-state index contributed by atoms with van der Waals surface area (Å²) < 4.78 is 10.9. The van der Waals surface area contributed by atoms with Gasteiger partial charge in [-0.3, -0.25) is 4.79 Å². The smallest absolute Gasteiger partial charge is 0.255 e. The summed E-state index contributed by atoms with van der Waals surface area (Å²) in [5, 5.41) is 6.23. The number of para-hydroxylation sites is 1. The van der Waals surface area contributed by atoms with Gasteiger partial charge in [-0.05, 0) is 60.7 Å². The zero-order valence-corrected chi connectivity index (χ0v) is 20.0. The lowest BCUT2D eigenvalue weighted by atomic mass is 10.1. The van der Waals surface area contributed by atoms with Gasteiger partial charge in [0.25, 0.3) is 5.91 Å². The number of hydrogen-bond donors (Lipinski definition) is 2. The number of hydrogen-bond acceptors (Lipinski definition) is 7. The summed E-state index contributed by atoms with van der Waals surface area (Å²) in [5.74, 6) is 1.22. The molecule has 8 nitrogen and oxygen atoms in total. The summed E-state index contributed by atoms with van der Waals surface area (Å²) in [6, 6.07) is 24.7. The van der Waals surface area contributed by atoms with E-state index < -0.39 is 0 Å². The van der Waals surface area contributed by atoms with E-state index in [0.717, 1.165) is 60.4 Å². The highest BCUT2D eigenvalue weighted by Crippen LogP contribution is 2.29. The average Bonchev–Trinajstić information content (AvgIpc) is 2.94. The first-order chi connectivity index (χ1) is 17.7. The molecule has 36 heavy (non-hydrogen) atoms. The molecule has 0 saturated carbocycles. The highest BCUT2D eigenvalue weighted by Gasteiger charge is 2.12. The van der Waals surface area contributed by atoms with Crippen LogP contribution in [0.15, 0.2) is 85.2 Å². The van der Waals surface area contributed by atoms with Crippen LogP contribution in [-0.2, 0) is 4.74 Å². The molecule has 2 heterocycles. The Bertz CT molecular complexity index is 1320. The third-order valence-electron chi connectivity index (χ3n) is 5.97. The van der Waals surface area contributed by atoms with Gasteiger partial charge >= 0.3 is 0 Å². The van der Waals surface area contributed by atoms with Crippen molar-refractivity contribution in [3.63, 3.8) is 0 Å². The normalized spacial score (nSPS) is 13.2. The number of morpholine rings is 1. The van der Waals surface area contributed by atoms with Crippen molar-refractivity contribution in [1.82, 2.24) is 9.97 Å². The molecule has 8 heteroatoms. The molecule has 1 amide bonds. The number of carbonyl (C=O) groups excluding carboxylic acids is 1. The van der Waals surface area contributed by atoms with Crippen LogP contribution >= 0.6 is 0 Å². The molecular formula is C28H27N5O3. The topological polar surface area (TPSA) is 88.6 Å². The van der Waals surface area contributed by atoms with E-state index >= 15 is 0 Å². The Labute approximate surface area is 209 Å². The van der Waals surface area contributed by atoms with Crippen LogP contribution in [0.3, 0.4) is 0 Å². The van der Waals surface area contributed by atoms with E-state index in [1.54, 1.807) is 19.2 Å². The Balaban J connectivity index is 1.22. The number of ether oxygens (including phenoxy) is 2. The fourth-order valence-electron chi connectivity index (χ4n) is 4.06. The van der Waals surface area contributed by atoms with E-state index in [9.17, 15) is 4.79 Å². The van der Waals surface area contributed by atoms with E-state index in [1.807, 2.05) is 66.7 Å². The van der Waals surface area contributed by atoms with Gasteiger partial charge in [0.05, 0.1) is 26.0 Å². The standard InChI is InChI=1S/C28H27N5O3/c1-35-26-5-3-2-4-24(26)25-18-27(30-19-29-25)31-21-8-6-20(7-9-21)28(34)32-22-10-12-23(13-11-22)33-14-16-36-17-15-33/h2-13,18-19H,14-17H2,1H3,(H,32,34)(H,29,30,31). The van der Waals surface area contributed by atoms with Crippen LogP contribution in [0.5, 0.6) is 5.75 Å². The molecule has 2 N–H and O–H groups in total. The van der Waals surface area contributed by atoms with E-state index in [-0.39, 0.29) is 5.91 Å². The first-order valence-electron chi connectivity index (χ1n) is 11.8. The van der Waals surface area contributed by atoms with Gasteiger partial charge in [-0.25, -0.2) is 9.97 Å². The Morgan fingerprint density at radius 2 is 1.64 bits per heavy atom. The predicted octanol–water partition coefficient (Wildman–Crippen LogP) is 4.98. The zero-order chi connectivity index (χ0) is 24.7. The number of methoxy groups -OCH3 is 1. The van der Waals surface area contributed by atoms with E-state index in [0.29, 0.717) is 11.4 Å². The summed E-state index contributed by atoms with van der Waals surface area (Å²) in [6.45, 7) is 3.23. The lowest BCUT2D eigenvalue weighted by Gasteiger charge is -2.28. The summed E-state index contributed by atoms with van der Waals surface area (Å²) in [7, 11) is 1.64. The van der Waals surface area contributed by atoms with Crippen molar-refractivity contribution in [3.8, 4) is 17.0 Å². The van der Waals surface area contributed by atoms with Gasteiger partial charge in [0.1, 0.15) is 17.9 Å². The minimum atomic E-state index is -0.166. The summed E-state index contributed by atoms with van der Waals surface area (Å²) in [6.07, 6.45) is 1.51. The van der Waals surface area contributed by atoms with Gasteiger partial charge < -0.3 is 25.0 Å². The van der Waals surface area contributed by atoms with Crippen molar-refractivity contribution < 1.29 is 14.3 Å². The van der Waals surface area contributed by atoms with Gasteiger partial charge in [0.2, 0.25) is 0 Å². The monoisotopic (exact) mass is 481 g/mol. The van der Waals surface area contributed by atoms with Crippen LogP contribution in [0.4, 0.5) is 22.9 Å². The molecule has 1 aliphatic heterocycles. The number of carbonyl (C=O) groups is 1. The Kier molecular flexibility index (Phi) is 7.05. The van der Waals surface area contributed by atoms with Crippen molar-refractivity contribution >= 4 is 28.8 Å². The van der Waals surface area contributed by atoms with Crippen LogP contribution in [0.1, 0.15) is 10.4 Å². The molecule has 1 fully saturated rings. The largest absolute Gasteiger partial charge is 0.496 e. The van der Waals surface area contributed by atoms with Crippen LogP contribution in [0.2, 0.25) is 0 Å². The first-order valence-corrected chi connectivity index (χ1v) is 11.8. The van der Waals surface area contributed by atoms with Gasteiger partial charge in [-0.2, -0.15) is 0 Å². The molecule has 1 aliphatic rings. The average molecular weight is 482 g/mol. The maximum absolute atomic E-state index is 12.7. The number of nitrogens with zero attached hydrogens (tertiary/aromatic N) is 3. The van der Waals surface area contributed by atoms with Crippen molar-refractivity contribution in [2.24, 2.45) is 0 Å². The fraction of sp³-hybridized carbons (Fsp3) is 0.179. The molecule has 4 aromatic rings. The second-order valence-electron chi connectivity index (χ2n) is 8.29. The second-order valence-corrected chi connectivity index (χ2v) is 8.29. The molecule has 0 unspecified atom stereocenters. The maximum atomic E-state index is 12.7. The molecule has 0 aliphatic carbocycles. The highest BCUT2D eigenvalue weighted by molar-refractivity contribution is 6.04. The van der Waals surface area contributed by atoms with E-state index in [4.69, 9.17) is 9.47 Å². The van der Waals surface area contributed by atoms with Crippen molar-refractivity contribution in [2.45, 2.75) is 0 Å². The van der Waals surface area contributed by atoms with E-state index in [1.165, 1.54) is 6.33 Å². The Hall–Kier alpha value is -4.43. The third kappa shape index (κ3) is 5.45. The van der Waals surface area contributed by atoms with Gasteiger partial charge in [-0.15, -0.1) is 0 Å². The molecule has 182 valence electrons. The van der Waals surface area contributed by atoms with Crippen molar-refractivity contribution in [1.29, 1.82) is 0 Å². The highest BCUT2D eigenvalue weighted by atomic mass is 16.5. The van der Waals surface area contributed by atoms with Crippen LogP contribution in [0.25, 0.3) is 11.3 Å². The number of benzene rings is 3. The first kappa shape index (κ1) is 23.3. The quantitative estimate of drug-likeness (QED) is 0.385. The molecule has 1 aromatic heterocycles. The second kappa shape index (κ2) is 10.9. The van der Waals surface area contributed by atoms with Crippen LogP contribution in [-0.4, -0.2) is 49.3 Å². The SMILES string of the molecule is COc1ccccc1-c1cc(Nc2ccc(C(=O)Nc3ccc(N4CCOCC4)cc3)cc2)ncn1. The molecule has 0 bridgehead atoms. The maximum Gasteiger partial charge on any atom is 0.255 e. The number of aromatic nitrogens is 2. The summed E-state index contributed by atoms with van der Waals surface area (Å²) in [5.41, 5.74) is 4.90. The molecular weight excluding hydrogens is 454 g/mol. The Morgan fingerprint density at radius 3 is 2.39 bits per heavy atom. The lowest BCUT2D eigenvalue weighted by molar-refractivity contribution is 0.102. The van der Waals surface area contributed by atoms with Crippen molar-refractivity contribution in [3.05, 3.63) is 90.8 Å². The molecule has 5 rings (SSSR count). The van der Waals surface area contributed by atoms with Crippen molar-refractivity contribution in [2.75, 3.05) is 48.9 Å². The lowest BCUT2D eigenvalue weighted by Crippen LogP contribution is -2.36. The van der Waals surface area contributed by atoms with E-state index in [2.05, 4.69) is 25.5 Å². The van der Waals surface area contributed by atoms with Crippen LogP contribution < -0.4 is 20.3 Å². The minimum absolute atomic E-state index is 0.166. The summed E-state index contributed by atoms with van der Waals surface area (Å²) >= 11 is 0.